The molecule has 0 aliphatic heterocycles. The van der Waals surface area contributed by atoms with Crippen molar-refractivity contribution < 1.29 is 4.74 Å². The summed E-state index contributed by atoms with van der Waals surface area (Å²) in [6, 6.07) is 2.17. The molecule has 1 heterocycles. The van der Waals surface area contributed by atoms with Gasteiger partial charge in [0.15, 0.2) is 0 Å². The van der Waals surface area contributed by atoms with Crippen LogP contribution in [0.2, 0.25) is 0 Å². The first-order valence-electron chi connectivity index (χ1n) is 4.44. The van der Waals surface area contributed by atoms with Crippen LogP contribution in [0.5, 0.6) is 6.01 Å². The van der Waals surface area contributed by atoms with Crippen molar-refractivity contribution in [3.63, 3.8) is 0 Å². The number of ether oxygens (including phenoxy) is 1. The molecule has 0 aliphatic carbocycles. The average Bonchev–Trinajstić information content (AvgIpc) is 2.16. The molecule has 0 unspecified atom stereocenters. The van der Waals surface area contributed by atoms with Gasteiger partial charge in [-0.25, -0.2) is 9.97 Å². The third kappa shape index (κ3) is 3.69. The Labute approximate surface area is 78.5 Å². The molecule has 70 valence electrons. The van der Waals surface area contributed by atoms with Crippen LogP contribution in [0, 0.1) is 0 Å². The van der Waals surface area contributed by atoms with Gasteiger partial charge in [0, 0.05) is 12.4 Å². The summed E-state index contributed by atoms with van der Waals surface area (Å²) in [6.45, 7) is 4.04. The summed E-state index contributed by atoms with van der Waals surface area (Å²) >= 11 is 0. The van der Waals surface area contributed by atoms with Gasteiger partial charge in [0.1, 0.15) is 5.76 Å². The quantitative estimate of drug-likeness (QED) is 0.664. The Bertz CT molecular complexity index is 270. The zero-order valence-electron chi connectivity index (χ0n) is 8.03. The molecule has 1 aromatic heterocycles. The van der Waals surface area contributed by atoms with Crippen LogP contribution in [0.4, 0.5) is 0 Å². The van der Waals surface area contributed by atoms with Crippen molar-refractivity contribution in [2.24, 2.45) is 0 Å². The highest BCUT2D eigenvalue weighted by atomic mass is 16.5. The highest BCUT2D eigenvalue weighted by Crippen LogP contribution is 2.05. The second-order valence-corrected chi connectivity index (χ2v) is 2.74. The summed E-state index contributed by atoms with van der Waals surface area (Å²) in [5, 5.41) is 0. The fourth-order valence-electron chi connectivity index (χ4n) is 0.871. The molecule has 0 N–H and O–H groups in total. The predicted molar refractivity (Wildman–Crippen MR) is 51.3 cm³/mol. The van der Waals surface area contributed by atoms with Gasteiger partial charge in [0.05, 0.1) is 0 Å². The summed E-state index contributed by atoms with van der Waals surface area (Å²) in [6.07, 6.45) is 7.51. The maximum absolute atomic E-state index is 5.36. The first-order chi connectivity index (χ1) is 6.33. The maximum Gasteiger partial charge on any atom is 0.321 e. The minimum atomic E-state index is 0.410. The molecule has 0 saturated carbocycles. The largest absolute Gasteiger partial charge is 0.429 e. The van der Waals surface area contributed by atoms with E-state index in [1.54, 1.807) is 18.5 Å². The highest BCUT2D eigenvalue weighted by Gasteiger charge is 1.95. The Balaban J connectivity index is 2.50. The molecule has 0 atom stereocenters. The average molecular weight is 178 g/mol. The van der Waals surface area contributed by atoms with Crippen LogP contribution in [-0.2, 0) is 0 Å². The van der Waals surface area contributed by atoms with Gasteiger partial charge in [-0.15, -0.1) is 0 Å². The van der Waals surface area contributed by atoms with Gasteiger partial charge in [0.2, 0.25) is 0 Å². The summed E-state index contributed by atoms with van der Waals surface area (Å²) in [7, 11) is 0. The second-order valence-electron chi connectivity index (χ2n) is 2.74. The molecular weight excluding hydrogens is 164 g/mol. The number of aromatic nitrogens is 2. The van der Waals surface area contributed by atoms with Gasteiger partial charge in [-0.2, -0.15) is 0 Å². The van der Waals surface area contributed by atoms with Crippen molar-refractivity contribution in [3.05, 3.63) is 30.3 Å². The molecule has 0 saturated heterocycles. The number of rotatable bonds is 4. The minimum absolute atomic E-state index is 0.410. The van der Waals surface area contributed by atoms with Gasteiger partial charge < -0.3 is 4.74 Å². The van der Waals surface area contributed by atoms with Crippen LogP contribution in [0.25, 0.3) is 0 Å². The van der Waals surface area contributed by atoms with Gasteiger partial charge in [-0.05, 0) is 25.5 Å². The molecule has 3 heteroatoms. The molecule has 0 bridgehead atoms. The Morgan fingerprint density at radius 3 is 2.77 bits per heavy atom. The van der Waals surface area contributed by atoms with E-state index in [4.69, 9.17) is 4.74 Å². The van der Waals surface area contributed by atoms with Crippen LogP contribution in [0.15, 0.2) is 30.3 Å². The van der Waals surface area contributed by atoms with Crippen LogP contribution in [-0.4, -0.2) is 9.97 Å². The molecule has 1 rings (SSSR count). The highest BCUT2D eigenvalue weighted by molar-refractivity contribution is 5.00. The number of nitrogens with zero attached hydrogens (tertiary/aromatic N) is 2. The third-order valence-corrected chi connectivity index (χ3v) is 1.51. The van der Waals surface area contributed by atoms with E-state index in [1.165, 1.54) is 0 Å². The first kappa shape index (κ1) is 9.71. The van der Waals surface area contributed by atoms with Crippen LogP contribution >= 0.6 is 0 Å². The van der Waals surface area contributed by atoms with Crippen LogP contribution in [0.3, 0.4) is 0 Å². The standard InChI is InChI=1S/C10H14N2O/c1-3-4-6-9(2)13-10-11-7-5-8-12-10/h5-8H,3-4H2,1-2H3. The van der Waals surface area contributed by atoms with E-state index < -0.39 is 0 Å². The molecule has 0 radical (unpaired) electrons. The number of hydrogen-bond acceptors (Lipinski definition) is 3. The lowest BCUT2D eigenvalue weighted by Crippen LogP contribution is -1.95. The number of unbranched alkanes of at least 4 members (excludes halogenated alkanes) is 1. The monoisotopic (exact) mass is 178 g/mol. The Kier molecular flexibility index (Phi) is 3.96. The van der Waals surface area contributed by atoms with E-state index in [1.807, 2.05) is 13.0 Å². The van der Waals surface area contributed by atoms with E-state index in [2.05, 4.69) is 16.9 Å². The van der Waals surface area contributed by atoms with Crippen molar-refractivity contribution in [3.8, 4) is 6.01 Å². The molecule has 13 heavy (non-hydrogen) atoms. The van der Waals surface area contributed by atoms with E-state index in [-0.39, 0.29) is 0 Å². The first-order valence-corrected chi connectivity index (χ1v) is 4.44. The third-order valence-electron chi connectivity index (χ3n) is 1.51. The Morgan fingerprint density at radius 1 is 1.46 bits per heavy atom. The van der Waals surface area contributed by atoms with E-state index >= 15 is 0 Å². The molecule has 3 nitrogen and oxygen atoms in total. The van der Waals surface area contributed by atoms with E-state index in [0.29, 0.717) is 6.01 Å². The topological polar surface area (TPSA) is 35.0 Å². The zero-order valence-corrected chi connectivity index (χ0v) is 8.03. The molecule has 0 aliphatic rings. The van der Waals surface area contributed by atoms with Gasteiger partial charge >= 0.3 is 6.01 Å². The molecular formula is C10H14N2O. The Hall–Kier alpha value is -1.38. The SMILES string of the molecule is CCCC=C(C)Oc1ncccn1. The number of allylic oxidation sites excluding steroid dienone is 2. The lowest BCUT2D eigenvalue weighted by Gasteiger charge is -2.01. The smallest absolute Gasteiger partial charge is 0.321 e. The fraction of sp³-hybridized carbons (Fsp3) is 0.400. The lowest BCUT2D eigenvalue weighted by atomic mass is 10.3. The van der Waals surface area contributed by atoms with Crippen molar-refractivity contribution in [2.45, 2.75) is 26.7 Å². The summed E-state index contributed by atoms with van der Waals surface area (Å²) in [5.41, 5.74) is 0. The van der Waals surface area contributed by atoms with Gasteiger partial charge in [-0.3, -0.25) is 0 Å². The van der Waals surface area contributed by atoms with E-state index in [0.717, 1.165) is 18.6 Å². The van der Waals surface area contributed by atoms with Crippen LogP contribution in [0.1, 0.15) is 26.7 Å². The van der Waals surface area contributed by atoms with E-state index in [9.17, 15) is 0 Å². The summed E-state index contributed by atoms with van der Waals surface area (Å²) in [5.74, 6) is 0.855. The van der Waals surface area contributed by atoms with Crippen molar-refractivity contribution in [2.75, 3.05) is 0 Å². The summed E-state index contributed by atoms with van der Waals surface area (Å²) < 4.78 is 5.36. The fourth-order valence-corrected chi connectivity index (χ4v) is 0.871. The molecule has 0 fully saturated rings. The Morgan fingerprint density at radius 2 is 2.15 bits per heavy atom. The second kappa shape index (κ2) is 5.30. The molecule has 1 aromatic rings. The van der Waals surface area contributed by atoms with Crippen molar-refractivity contribution in [1.82, 2.24) is 9.97 Å². The van der Waals surface area contributed by atoms with Crippen molar-refractivity contribution >= 4 is 0 Å². The van der Waals surface area contributed by atoms with Crippen LogP contribution < -0.4 is 4.74 Å². The summed E-state index contributed by atoms with van der Waals surface area (Å²) in [4.78, 5) is 7.91. The maximum atomic E-state index is 5.36. The molecule has 0 amide bonds. The van der Waals surface area contributed by atoms with Crippen molar-refractivity contribution in [1.29, 1.82) is 0 Å². The predicted octanol–water partition coefficient (Wildman–Crippen LogP) is 2.56. The minimum Gasteiger partial charge on any atom is -0.429 e. The van der Waals surface area contributed by atoms with Gasteiger partial charge in [0.25, 0.3) is 0 Å². The molecule has 0 spiro atoms. The van der Waals surface area contributed by atoms with Gasteiger partial charge in [-0.1, -0.05) is 13.3 Å². The normalized spacial score (nSPS) is 11.4. The zero-order chi connectivity index (χ0) is 9.52. The number of hydrogen-bond donors (Lipinski definition) is 0. The molecule has 0 aromatic carbocycles. The lowest BCUT2D eigenvalue weighted by molar-refractivity contribution is 0.390.